The molecule has 0 saturated carbocycles. The van der Waals surface area contributed by atoms with Gasteiger partial charge in [0.25, 0.3) is 0 Å². The highest BCUT2D eigenvalue weighted by Crippen LogP contribution is 2.27. The second-order valence-electron chi connectivity index (χ2n) is 7.36. The molecule has 2 aliphatic heterocycles. The lowest BCUT2D eigenvalue weighted by Crippen LogP contribution is -2.45. The minimum absolute atomic E-state index is 0.166. The maximum Gasteiger partial charge on any atom is 0.225 e. The van der Waals surface area contributed by atoms with Crippen molar-refractivity contribution >= 4 is 17.5 Å². The standard InChI is InChI=1S/C19H27ClN2O2/c1-14-3-2-8-22(12-14)19(24)15-6-9-21(10-7-15)13-16-11-17(20)4-5-18(16)23/h4-5,11,14-15,23H,2-3,6-10,12-13H2,1H3. The fraction of sp³-hybridized carbons (Fsp3) is 0.632. The molecule has 24 heavy (non-hydrogen) atoms. The number of carbonyl (C=O) groups is 1. The van der Waals surface area contributed by atoms with E-state index in [0.29, 0.717) is 29.1 Å². The molecule has 2 heterocycles. The second-order valence-corrected chi connectivity index (χ2v) is 7.79. The van der Waals surface area contributed by atoms with E-state index in [0.717, 1.165) is 51.0 Å². The van der Waals surface area contributed by atoms with Crippen LogP contribution >= 0.6 is 11.6 Å². The first-order valence-corrected chi connectivity index (χ1v) is 9.39. The predicted octanol–water partition coefficient (Wildman–Crippen LogP) is 3.52. The van der Waals surface area contributed by atoms with E-state index in [1.807, 2.05) is 6.07 Å². The number of phenolic OH excluding ortho intramolecular Hbond substituents is 1. The molecule has 1 aromatic rings. The average molecular weight is 351 g/mol. The summed E-state index contributed by atoms with van der Waals surface area (Å²) in [5, 5.41) is 10.6. The quantitative estimate of drug-likeness (QED) is 0.907. The third kappa shape index (κ3) is 4.22. The van der Waals surface area contributed by atoms with Crippen molar-refractivity contribution in [2.75, 3.05) is 26.2 Å². The summed E-state index contributed by atoms with van der Waals surface area (Å²) in [5.74, 6) is 1.44. The number of piperidine rings is 2. The van der Waals surface area contributed by atoms with Gasteiger partial charge in [0, 0.05) is 36.1 Å². The van der Waals surface area contributed by atoms with Crippen LogP contribution in [0.2, 0.25) is 5.02 Å². The van der Waals surface area contributed by atoms with E-state index in [1.54, 1.807) is 12.1 Å². The van der Waals surface area contributed by atoms with Gasteiger partial charge in [-0.2, -0.15) is 0 Å². The first-order chi connectivity index (χ1) is 11.5. The van der Waals surface area contributed by atoms with Crippen molar-refractivity contribution in [1.82, 2.24) is 9.80 Å². The van der Waals surface area contributed by atoms with Gasteiger partial charge in [-0.15, -0.1) is 0 Å². The van der Waals surface area contributed by atoms with E-state index in [-0.39, 0.29) is 5.92 Å². The molecule has 1 unspecified atom stereocenters. The third-order valence-electron chi connectivity index (χ3n) is 5.34. The summed E-state index contributed by atoms with van der Waals surface area (Å²) in [6.07, 6.45) is 4.20. The van der Waals surface area contributed by atoms with Crippen LogP contribution < -0.4 is 0 Å². The molecule has 1 atom stereocenters. The molecule has 0 aliphatic carbocycles. The summed E-state index contributed by atoms with van der Waals surface area (Å²) in [4.78, 5) is 17.1. The Kier molecular flexibility index (Phi) is 5.67. The molecular formula is C19H27ClN2O2. The lowest BCUT2D eigenvalue weighted by Gasteiger charge is -2.37. The van der Waals surface area contributed by atoms with Crippen molar-refractivity contribution in [2.45, 2.75) is 39.2 Å². The molecule has 1 aromatic carbocycles. The zero-order valence-corrected chi connectivity index (χ0v) is 15.1. The first kappa shape index (κ1) is 17.6. The number of phenols is 1. The van der Waals surface area contributed by atoms with Crippen LogP contribution in [0, 0.1) is 11.8 Å². The highest BCUT2D eigenvalue weighted by atomic mass is 35.5. The summed E-state index contributed by atoms with van der Waals surface area (Å²) in [7, 11) is 0. The molecule has 1 N–H and O–H groups in total. The number of hydrogen-bond donors (Lipinski definition) is 1. The van der Waals surface area contributed by atoms with E-state index in [2.05, 4.69) is 16.7 Å². The lowest BCUT2D eigenvalue weighted by atomic mass is 9.92. The Morgan fingerprint density at radius 1 is 1.25 bits per heavy atom. The summed E-state index contributed by atoms with van der Waals surface area (Å²) in [6, 6.07) is 5.17. The number of hydrogen-bond acceptors (Lipinski definition) is 3. The first-order valence-electron chi connectivity index (χ1n) is 9.01. The number of nitrogens with zero attached hydrogens (tertiary/aromatic N) is 2. The monoisotopic (exact) mass is 350 g/mol. The zero-order valence-electron chi connectivity index (χ0n) is 14.4. The third-order valence-corrected chi connectivity index (χ3v) is 5.58. The van der Waals surface area contributed by atoms with Gasteiger partial charge in [-0.05, 0) is 62.9 Å². The summed E-state index contributed by atoms with van der Waals surface area (Å²) >= 11 is 6.02. The van der Waals surface area contributed by atoms with Gasteiger partial charge in [0.15, 0.2) is 0 Å². The minimum atomic E-state index is 0.166. The molecule has 0 radical (unpaired) electrons. The van der Waals surface area contributed by atoms with Gasteiger partial charge in [-0.25, -0.2) is 0 Å². The van der Waals surface area contributed by atoms with Crippen LogP contribution in [0.15, 0.2) is 18.2 Å². The van der Waals surface area contributed by atoms with Crippen LogP contribution in [0.1, 0.15) is 38.2 Å². The van der Waals surface area contributed by atoms with Gasteiger partial charge in [0.05, 0.1) is 0 Å². The fourth-order valence-electron chi connectivity index (χ4n) is 3.91. The molecule has 0 aromatic heterocycles. The Bertz CT molecular complexity index is 585. The largest absolute Gasteiger partial charge is 0.508 e. The topological polar surface area (TPSA) is 43.8 Å². The molecule has 4 nitrogen and oxygen atoms in total. The molecule has 132 valence electrons. The van der Waals surface area contributed by atoms with Gasteiger partial charge in [-0.1, -0.05) is 18.5 Å². The fourth-order valence-corrected chi connectivity index (χ4v) is 4.10. The average Bonchev–Trinajstić information content (AvgIpc) is 2.58. The number of rotatable bonds is 3. The second kappa shape index (κ2) is 7.75. The molecule has 0 bridgehead atoms. The van der Waals surface area contributed by atoms with Crippen molar-refractivity contribution < 1.29 is 9.90 Å². The predicted molar refractivity (Wildman–Crippen MR) is 96.1 cm³/mol. The highest BCUT2D eigenvalue weighted by Gasteiger charge is 2.30. The summed E-state index contributed by atoms with van der Waals surface area (Å²) in [6.45, 7) is 6.57. The van der Waals surface area contributed by atoms with Crippen molar-refractivity contribution in [2.24, 2.45) is 11.8 Å². The molecule has 2 saturated heterocycles. The Morgan fingerprint density at radius 2 is 2.00 bits per heavy atom. The Hall–Kier alpha value is -1.26. The van der Waals surface area contributed by atoms with Gasteiger partial charge in [0.1, 0.15) is 5.75 Å². The number of benzene rings is 1. The maximum absolute atomic E-state index is 12.7. The minimum Gasteiger partial charge on any atom is -0.508 e. The van der Waals surface area contributed by atoms with E-state index in [9.17, 15) is 9.90 Å². The molecule has 3 rings (SSSR count). The molecule has 5 heteroatoms. The van der Waals surface area contributed by atoms with Crippen LogP contribution in [-0.2, 0) is 11.3 Å². The highest BCUT2D eigenvalue weighted by molar-refractivity contribution is 6.30. The molecule has 2 fully saturated rings. The molecular weight excluding hydrogens is 324 g/mol. The molecule has 0 spiro atoms. The van der Waals surface area contributed by atoms with Crippen molar-refractivity contribution in [3.05, 3.63) is 28.8 Å². The van der Waals surface area contributed by atoms with Gasteiger partial charge < -0.3 is 10.0 Å². The lowest BCUT2D eigenvalue weighted by molar-refractivity contribution is -0.138. The Morgan fingerprint density at radius 3 is 2.71 bits per heavy atom. The van der Waals surface area contributed by atoms with Crippen molar-refractivity contribution in [3.63, 3.8) is 0 Å². The number of likely N-dealkylation sites (tertiary alicyclic amines) is 2. The Labute approximate surface area is 149 Å². The summed E-state index contributed by atoms with van der Waals surface area (Å²) in [5.41, 5.74) is 0.858. The van der Waals surface area contributed by atoms with Crippen LogP contribution in [0.4, 0.5) is 0 Å². The normalized spacial score (nSPS) is 23.4. The van der Waals surface area contributed by atoms with Gasteiger partial charge in [-0.3, -0.25) is 9.69 Å². The number of amides is 1. The summed E-state index contributed by atoms with van der Waals surface area (Å²) < 4.78 is 0. The SMILES string of the molecule is CC1CCCN(C(=O)C2CCN(Cc3cc(Cl)ccc3O)CC2)C1. The van der Waals surface area contributed by atoms with E-state index >= 15 is 0 Å². The number of carbonyl (C=O) groups excluding carboxylic acids is 1. The van der Waals surface area contributed by atoms with Gasteiger partial charge in [0.2, 0.25) is 5.91 Å². The molecule has 1 amide bonds. The van der Waals surface area contributed by atoms with Crippen LogP contribution in [0.25, 0.3) is 0 Å². The van der Waals surface area contributed by atoms with Crippen molar-refractivity contribution in [1.29, 1.82) is 0 Å². The van der Waals surface area contributed by atoms with E-state index < -0.39 is 0 Å². The smallest absolute Gasteiger partial charge is 0.225 e. The van der Waals surface area contributed by atoms with Crippen LogP contribution in [-0.4, -0.2) is 47.0 Å². The maximum atomic E-state index is 12.7. The van der Waals surface area contributed by atoms with E-state index in [4.69, 9.17) is 11.6 Å². The van der Waals surface area contributed by atoms with Gasteiger partial charge >= 0.3 is 0 Å². The van der Waals surface area contributed by atoms with Crippen LogP contribution in [0.5, 0.6) is 5.75 Å². The van der Waals surface area contributed by atoms with E-state index in [1.165, 1.54) is 6.42 Å². The number of aromatic hydroxyl groups is 1. The Balaban J connectivity index is 1.52. The van der Waals surface area contributed by atoms with Crippen molar-refractivity contribution in [3.8, 4) is 5.75 Å². The number of halogens is 1. The zero-order chi connectivity index (χ0) is 17.1. The molecule has 2 aliphatic rings. The van der Waals surface area contributed by atoms with Crippen LogP contribution in [0.3, 0.4) is 0 Å².